The Kier molecular flexibility index (Phi) is 6.47. The lowest BCUT2D eigenvalue weighted by Crippen LogP contribution is -2.24. The predicted molar refractivity (Wildman–Crippen MR) is 110 cm³/mol. The summed E-state index contributed by atoms with van der Waals surface area (Å²) in [6.07, 6.45) is 1.40. The average Bonchev–Trinajstić information content (AvgIpc) is 2.69. The summed E-state index contributed by atoms with van der Waals surface area (Å²) >= 11 is 12.1. The molecule has 0 aliphatic rings. The largest absolute Gasteiger partial charge is 0.483 e. The topological polar surface area (TPSA) is 50.7 Å². The number of hydrogen-bond acceptors (Lipinski definition) is 3. The van der Waals surface area contributed by atoms with Crippen LogP contribution < -0.4 is 10.2 Å². The number of halogens is 2. The fourth-order valence-electron chi connectivity index (χ4n) is 2.43. The second-order valence-electron chi connectivity index (χ2n) is 5.58. The molecule has 0 bridgehead atoms. The molecule has 0 aliphatic carbocycles. The fraction of sp³-hybridized carbons (Fsp3) is 0.0476. The van der Waals surface area contributed by atoms with Crippen molar-refractivity contribution in [2.45, 2.75) is 0 Å². The van der Waals surface area contributed by atoms with Gasteiger partial charge in [0.15, 0.2) is 6.61 Å². The summed E-state index contributed by atoms with van der Waals surface area (Å²) in [7, 11) is 0. The second kappa shape index (κ2) is 9.21. The van der Waals surface area contributed by atoms with E-state index in [4.69, 9.17) is 27.9 Å². The molecule has 0 unspecified atom stereocenters. The first-order valence-corrected chi connectivity index (χ1v) is 8.94. The van der Waals surface area contributed by atoms with Crippen molar-refractivity contribution in [3.8, 4) is 16.9 Å². The number of ether oxygens (including phenoxy) is 1. The number of para-hydroxylation sites is 1. The Morgan fingerprint density at radius 2 is 1.59 bits per heavy atom. The molecular formula is C21H16Cl2N2O2. The first-order valence-electron chi connectivity index (χ1n) is 8.18. The van der Waals surface area contributed by atoms with Gasteiger partial charge in [0.25, 0.3) is 5.91 Å². The third kappa shape index (κ3) is 5.09. The molecule has 0 spiro atoms. The number of hydrogen-bond donors (Lipinski definition) is 1. The highest BCUT2D eigenvalue weighted by atomic mass is 35.5. The molecule has 136 valence electrons. The van der Waals surface area contributed by atoms with Gasteiger partial charge < -0.3 is 4.74 Å². The first-order chi connectivity index (χ1) is 13.1. The molecule has 0 fully saturated rings. The van der Waals surface area contributed by atoms with E-state index in [1.54, 1.807) is 18.2 Å². The Labute approximate surface area is 167 Å². The van der Waals surface area contributed by atoms with E-state index in [0.717, 1.165) is 11.1 Å². The van der Waals surface area contributed by atoms with E-state index in [9.17, 15) is 4.79 Å². The van der Waals surface area contributed by atoms with E-state index < -0.39 is 5.91 Å². The van der Waals surface area contributed by atoms with Crippen LogP contribution >= 0.6 is 23.2 Å². The van der Waals surface area contributed by atoms with E-state index in [2.05, 4.69) is 10.5 Å². The van der Waals surface area contributed by atoms with Crippen molar-refractivity contribution >= 4 is 35.3 Å². The molecule has 0 atom stereocenters. The molecule has 3 rings (SSSR count). The minimum absolute atomic E-state index is 0.169. The zero-order chi connectivity index (χ0) is 19.1. The number of amides is 1. The van der Waals surface area contributed by atoms with Gasteiger partial charge in [-0.05, 0) is 23.8 Å². The van der Waals surface area contributed by atoms with E-state index in [1.807, 2.05) is 54.6 Å². The van der Waals surface area contributed by atoms with Gasteiger partial charge in [0.05, 0.1) is 16.3 Å². The summed E-state index contributed by atoms with van der Waals surface area (Å²) in [5, 5.41) is 4.79. The maximum atomic E-state index is 12.0. The molecule has 6 heteroatoms. The SMILES string of the molecule is O=C(COc1ccccc1-c1ccccc1)N/N=C/c1c(Cl)cccc1Cl. The molecular weight excluding hydrogens is 383 g/mol. The number of benzene rings is 3. The molecule has 0 aliphatic heterocycles. The summed E-state index contributed by atoms with van der Waals surface area (Å²) in [4.78, 5) is 12.0. The van der Waals surface area contributed by atoms with Crippen LogP contribution in [-0.4, -0.2) is 18.7 Å². The number of nitrogens with zero attached hydrogens (tertiary/aromatic N) is 1. The summed E-state index contributed by atoms with van der Waals surface area (Å²) in [6.45, 7) is -0.169. The van der Waals surface area contributed by atoms with Crippen molar-refractivity contribution < 1.29 is 9.53 Å². The van der Waals surface area contributed by atoms with Crippen molar-refractivity contribution in [2.75, 3.05) is 6.61 Å². The van der Waals surface area contributed by atoms with Crippen LogP contribution in [0.3, 0.4) is 0 Å². The van der Waals surface area contributed by atoms with Crippen molar-refractivity contribution in [1.82, 2.24) is 5.43 Å². The van der Waals surface area contributed by atoms with Crippen LogP contribution in [0.5, 0.6) is 5.75 Å². The zero-order valence-electron chi connectivity index (χ0n) is 14.2. The van der Waals surface area contributed by atoms with Gasteiger partial charge in [0, 0.05) is 11.1 Å². The maximum absolute atomic E-state index is 12.0. The van der Waals surface area contributed by atoms with E-state index in [1.165, 1.54) is 6.21 Å². The third-order valence-electron chi connectivity index (χ3n) is 3.71. The smallest absolute Gasteiger partial charge is 0.277 e. The van der Waals surface area contributed by atoms with E-state index in [0.29, 0.717) is 21.4 Å². The van der Waals surface area contributed by atoms with E-state index in [-0.39, 0.29) is 6.61 Å². The maximum Gasteiger partial charge on any atom is 0.277 e. The lowest BCUT2D eigenvalue weighted by atomic mass is 10.1. The Balaban J connectivity index is 1.61. The third-order valence-corrected chi connectivity index (χ3v) is 4.37. The Morgan fingerprint density at radius 3 is 2.33 bits per heavy atom. The molecule has 3 aromatic rings. The van der Waals surface area contributed by atoms with Gasteiger partial charge in [0.1, 0.15) is 5.75 Å². The van der Waals surface area contributed by atoms with Crippen LogP contribution in [0, 0.1) is 0 Å². The Morgan fingerprint density at radius 1 is 0.926 bits per heavy atom. The summed E-state index contributed by atoms with van der Waals surface area (Å²) in [6, 6.07) is 22.5. The lowest BCUT2D eigenvalue weighted by Gasteiger charge is -2.11. The summed E-state index contributed by atoms with van der Waals surface area (Å²) in [5.74, 6) is 0.231. The molecule has 0 aromatic heterocycles. The summed E-state index contributed by atoms with van der Waals surface area (Å²) < 4.78 is 5.67. The van der Waals surface area contributed by atoms with Gasteiger partial charge in [0.2, 0.25) is 0 Å². The molecule has 4 nitrogen and oxygen atoms in total. The highest BCUT2D eigenvalue weighted by Gasteiger charge is 2.08. The summed E-state index contributed by atoms with van der Waals surface area (Å²) in [5.41, 5.74) is 4.87. The highest BCUT2D eigenvalue weighted by molar-refractivity contribution is 6.38. The molecule has 1 N–H and O–H groups in total. The van der Waals surface area contributed by atoms with Gasteiger partial charge in [-0.1, -0.05) is 77.8 Å². The van der Waals surface area contributed by atoms with Crippen molar-refractivity contribution in [1.29, 1.82) is 0 Å². The monoisotopic (exact) mass is 398 g/mol. The number of nitrogens with one attached hydrogen (secondary N) is 1. The van der Waals surface area contributed by atoms with Crippen molar-refractivity contribution in [2.24, 2.45) is 5.10 Å². The van der Waals surface area contributed by atoms with Gasteiger partial charge in [-0.15, -0.1) is 0 Å². The van der Waals surface area contributed by atoms with Crippen molar-refractivity contribution in [3.63, 3.8) is 0 Å². The second-order valence-corrected chi connectivity index (χ2v) is 6.39. The molecule has 0 heterocycles. The standard InChI is InChI=1S/C21H16Cl2N2O2/c22-18-10-6-11-19(23)17(18)13-24-25-21(26)14-27-20-12-5-4-9-16(20)15-7-2-1-3-8-15/h1-13H,14H2,(H,25,26)/b24-13+. The molecule has 0 radical (unpaired) electrons. The van der Waals surface area contributed by atoms with Gasteiger partial charge >= 0.3 is 0 Å². The van der Waals surface area contributed by atoms with Crippen molar-refractivity contribution in [3.05, 3.63) is 88.4 Å². The Bertz CT molecular complexity index is 939. The van der Waals surface area contributed by atoms with E-state index >= 15 is 0 Å². The molecule has 0 saturated heterocycles. The lowest BCUT2D eigenvalue weighted by molar-refractivity contribution is -0.123. The minimum atomic E-state index is -0.391. The molecule has 3 aromatic carbocycles. The molecule has 27 heavy (non-hydrogen) atoms. The van der Waals surface area contributed by atoms with Gasteiger partial charge in [-0.2, -0.15) is 5.10 Å². The zero-order valence-corrected chi connectivity index (χ0v) is 15.7. The van der Waals surface area contributed by atoms with Crippen LogP contribution in [0.25, 0.3) is 11.1 Å². The fourth-order valence-corrected chi connectivity index (χ4v) is 2.92. The quantitative estimate of drug-likeness (QED) is 0.458. The van der Waals surface area contributed by atoms with Crippen LogP contribution in [0.4, 0.5) is 0 Å². The number of hydrazone groups is 1. The van der Waals surface area contributed by atoms with Crippen LogP contribution in [0.2, 0.25) is 10.0 Å². The van der Waals surface area contributed by atoms with Crippen LogP contribution in [0.1, 0.15) is 5.56 Å². The number of carbonyl (C=O) groups excluding carboxylic acids is 1. The average molecular weight is 399 g/mol. The van der Waals surface area contributed by atoms with Gasteiger partial charge in [-0.25, -0.2) is 5.43 Å². The van der Waals surface area contributed by atoms with Gasteiger partial charge in [-0.3, -0.25) is 4.79 Å². The first kappa shape index (κ1) is 19.0. The number of carbonyl (C=O) groups is 1. The molecule has 1 amide bonds. The van der Waals surface area contributed by atoms with Crippen LogP contribution in [0.15, 0.2) is 77.9 Å². The minimum Gasteiger partial charge on any atom is -0.483 e. The van der Waals surface area contributed by atoms with Crippen LogP contribution in [-0.2, 0) is 4.79 Å². The Hall–Kier alpha value is -2.82. The number of rotatable bonds is 6. The normalized spacial score (nSPS) is 10.7. The molecule has 0 saturated carbocycles. The highest BCUT2D eigenvalue weighted by Crippen LogP contribution is 2.29. The predicted octanol–water partition coefficient (Wildman–Crippen LogP) is 5.19.